The van der Waals surface area contributed by atoms with Crippen LogP contribution in [0.2, 0.25) is 5.02 Å². The lowest BCUT2D eigenvalue weighted by Crippen LogP contribution is -2.32. The van der Waals surface area contributed by atoms with E-state index in [9.17, 15) is 4.79 Å². The third-order valence-electron chi connectivity index (χ3n) is 2.31. The van der Waals surface area contributed by atoms with Crippen LogP contribution in [0, 0.1) is 0 Å². The number of amides is 1. The van der Waals surface area contributed by atoms with Gasteiger partial charge in [-0.1, -0.05) is 24.6 Å². The zero-order valence-corrected chi connectivity index (χ0v) is 10.2. The van der Waals surface area contributed by atoms with E-state index in [1.807, 2.05) is 19.1 Å². The fraction of sp³-hybridized carbons (Fsp3) is 0.417. The summed E-state index contributed by atoms with van der Waals surface area (Å²) in [5, 5.41) is 0.638. The number of nitrogens with two attached hydrogens (primary N) is 1. The molecule has 2 N–H and O–H groups in total. The van der Waals surface area contributed by atoms with Crippen molar-refractivity contribution in [2.45, 2.75) is 19.8 Å². The van der Waals surface area contributed by atoms with Gasteiger partial charge in [0.1, 0.15) is 0 Å². The van der Waals surface area contributed by atoms with Crippen LogP contribution in [0.4, 0.5) is 5.69 Å². The second-order valence-corrected chi connectivity index (χ2v) is 3.96. The molecule has 0 aliphatic rings. The highest BCUT2D eigenvalue weighted by atomic mass is 35.5. The zero-order valence-electron chi connectivity index (χ0n) is 9.45. The van der Waals surface area contributed by atoms with Crippen LogP contribution in [0.5, 0.6) is 0 Å². The Kier molecular flexibility index (Phi) is 5.29. The van der Waals surface area contributed by atoms with E-state index in [0.717, 1.165) is 12.1 Å². The molecule has 0 aliphatic carbocycles. The minimum absolute atomic E-state index is 0.0933. The van der Waals surface area contributed by atoms with Gasteiger partial charge in [-0.05, 0) is 31.2 Å². The maximum atomic E-state index is 11.8. The zero-order chi connectivity index (χ0) is 12.0. The van der Waals surface area contributed by atoms with Crippen molar-refractivity contribution in [3.05, 3.63) is 29.3 Å². The maximum Gasteiger partial charge on any atom is 0.226 e. The maximum absolute atomic E-state index is 11.8. The molecule has 0 fully saturated rings. The van der Waals surface area contributed by atoms with Crippen LogP contribution in [-0.4, -0.2) is 19.0 Å². The average Bonchev–Trinajstić information content (AvgIpc) is 2.29. The molecule has 0 saturated heterocycles. The second-order valence-electron chi connectivity index (χ2n) is 3.52. The lowest BCUT2D eigenvalue weighted by Gasteiger charge is -2.22. The minimum Gasteiger partial charge on any atom is -0.330 e. The molecule has 0 radical (unpaired) electrons. The van der Waals surface area contributed by atoms with Gasteiger partial charge in [0, 0.05) is 23.7 Å². The Balaban J connectivity index is 2.87. The van der Waals surface area contributed by atoms with Crippen LogP contribution < -0.4 is 10.6 Å². The van der Waals surface area contributed by atoms with Crippen LogP contribution in [0.25, 0.3) is 0 Å². The predicted molar refractivity (Wildman–Crippen MR) is 67.8 cm³/mol. The number of benzene rings is 1. The smallest absolute Gasteiger partial charge is 0.226 e. The molecule has 0 aliphatic heterocycles. The highest BCUT2D eigenvalue weighted by Crippen LogP contribution is 2.20. The average molecular weight is 241 g/mol. The van der Waals surface area contributed by atoms with Gasteiger partial charge in [0.2, 0.25) is 5.91 Å². The van der Waals surface area contributed by atoms with Gasteiger partial charge < -0.3 is 10.6 Å². The molecule has 1 aromatic carbocycles. The first-order valence-corrected chi connectivity index (χ1v) is 5.82. The van der Waals surface area contributed by atoms with E-state index >= 15 is 0 Å². The molecule has 1 aromatic rings. The fourth-order valence-corrected chi connectivity index (χ4v) is 1.67. The minimum atomic E-state index is 0.0933. The summed E-state index contributed by atoms with van der Waals surface area (Å²) in [6.45, 7) is 3.07. The molecular formula is C12H17ClN2O. The number of carbonyl (C=O) groups excluding carboxylic acids is 1. The first-order valence-electron chi connectivity index (χ1n) is 5.45. The Morgan fingerprint density at radius 3 is 2.81 bits per heavy atom. The molecular weight excluding hydrogens is 224 g/mol. The van der Waals surface area contributed by atoms with Crippen LogP contribution in [0.15, 0.2) is 24.3 Å². The summed E-state index contributed by atoms with van der Waals surface area (Å²) in [6, 6.07) is 7.32. The third kappa shape index (κ3) is 3.51. The fourth-order valence-electron chi connectivity index (χ4n) is 1.48. The van der Waals surface area contributed by atoms with Gasteiger partial charge in [0.05, 0.1) is 0 Å². The number of halogens is 1. The molecule has 0 saturated carbocycles. The van der Waals surface area contributed by atoms with Crippen molar-refractivity contribution >= 4 is 23.2 Å². The molecule has 0 aromatic heterocycles. The van der Waals surface area contributed by atoms with Crippen LogP contribution in [0.3, 0.4) is 0 Å². The molecule has 16 heavy (non-hydrogen) atoms. The molecule has 0 atom stereocenters. The van der Waals surface area contributed by atoms with E-state index in [4.69, 9.17) is 17.3 Å². The van der Waals surface area contributed by atoms with Gasteiger partial charge >= 0.3 is 0 Å². The topological polar surface area (TPSA) is 46.3 Å². The SMILES string of the molecule is CCC(=O)N(CCCN)c1cccc(Cl)c1. The van der Waals surface area contributed by atoms with Crippen molar-refractivity contribution in [2.75, 3.05) is 18.0 Å². The van der Waals surface area contributed by atoms with Crippen molar-refractivity contribution in [1.82, 2.24) is 0 Å². The number of rotatable bonds is 5. The summed E-state index contributed by atoms with van der Waals surface area (Å²) in [7, 11) is 0. The molecule has 88 valence electrons. The van der Waals surface area contributed by atoms with E-state index in [-0.39, 0.29) is 5.91 Å². The van der Waals surface area contributed by atoms with E-state index in [0.29, 0.717) is 24.5 Å². The molecule has 0 unspecified atom stereocenters. The van der Waals surface area contributed by atoms with Crippen LogP contribution in [0.1, 0.15) is 19.8 Å². The Labute approximate surface area is 101 Å². The number of hydrogen-bond donors (Lipinski definition) is 1. The lowest BCUT2D eigenvalue weighted by molar-refractivity contribution is -0.118. The summed E-state index contributed by atoms with van der Waals surface area (Å²) in [5.74, 6) is 0.0933. The molecule has 0 spiro atoms. The monoisotopic (exact) mass is 240 g/mol. The van der Waals surface area contributed by atoms with E-state index in [2.05, 4.69) is 0 Å². The predicted octanol–water partition coefficient (Wildman–Crippen LogP) is 2.43. The number of nitrogens with zero attached hydrogens (tertiary/aromatic N) is 1. The van der Waals surface area contributed by atoms with Crippen molar-refractivity contribution in [2.24, 2.45) is 5.73 Å². The molecule has 3 nitrogen and oxygen atoms in total. The summed E-state index contributed by atoms with van der Waals surface area (Å²) < 4.78 is 0. The summed E-state index contributed by atoms with van der Waals surface area (Å²) in [6.07, 6.45) is 1.27. The highest BCUT2D eigenvalue weighted by molar-refractivity contribution is 6.30. The third-order valence-corrected chi connectivity index (χ3v) is 2.54. The van der Waals surface area contributed by atoms with Crippen LogP contribution in [-0.2, 0) is 4.79 Å². The standard InChI is InChI=1S/C12H17ClN2O/c1-2-12(16)15(8-4-7-14)11-6-3-5-10(13)9-11/h3,5-6,9H,2,4,7-8,14H2,1H3. The van der Waals surface area contributed by atoms with Crippen molar-refractivity contribution in [3.63, 3.8) is 0 Å². The van der Waals surface area contributed by atoms with Gasteiger partial charge in [-0.2, -0.15) is 0 Å². The normalized spacial score (nSPS) is 10.2. The highest BCUT2D eigenvalue weighted by Gasteiger charge is 2.13. The first-order chi connectivity index (χ1) is 7.69. The van der Waals surface area contributed by atoms with Gasteiger partial charge in [0.25, 0.3) is 0 Å². The number of hydrogen-bond acceptors (Lipinski definition) is 2. The van der Waals surface area contributed by atoms with Crippen molar-refractivity contribution in [1.29, 1.82) is 0 Å². The van der Waals surface area contributed by atoms with E-state index in [1.165, 1.54) is 0 Å². The number of anilines is 1. The van der Waals surface area contributed by atoms with Crippen molar-refractivity contribution < 1.29 is 4.79 Å². The molecule has 4 heteroatoms. The first kappa shape index (κ1) is 13.0. The quantitative estimate of drug-likeness (QED) is 0.859. The largest absolute Gasteiger partial charge is 0.330 e. The van der Waals surface area contributed by atoms with E-state index in [1.54, 1.807) is 17.0 Å². The lowest BCUT2D eigenvalue weighted by atomic mass is 10.2. The van der Waals surface area contributed by atoms with Gasteiger partial charge in [-0.3, -0.25) is 4.79 Å². The van der Waals surface area contributed by atoms with Crippen LogP contribution >= 0.6 is 11.6 Å². The number of carbonyl (C=O) groups is 1. The summed E-state index contributed by atoms with van der Waals surface area (Å²) >= 11 is 5.91. The molecule has 0 bridgehead atoms. The second kappa shape index (κ2) is 6.51. The molecule has 1 amide bonds. The molecule has 1 rings (SSSR count). The van der Waals surface area contributed by atoms with Gasteiger partial charge in [-0.15, -0.1) is 0 Å². The summed E-state index contributed by atoms with van der Waals surface area (Å²) in [5.41, 5.74) is 6.30. The summed E-state index contributed by atoms with van der Waals surface area (Å²) in [4.78, 5) is 13.5. The molecule has 0 heterocycles. The Morgan fingerprint density at radius 2 is 2.25 bits per heavy atom. The van der Waals surface area contributed by atoms with Gasteiger partial charge in [0.15, 0.2) is 0 Å². The Morgan fingerprint density at radius 1 is 1.50 bits per heavy atom. The van der Waals surface area contributed by atoms with Gasteiger partial charge in [-0.25, -0.2) is 0 Å². The Bertz CT molecular complexity index is 355. The Hall–Kier alpha value is -1.06. The van der Waals surface area contributed by atoms with Crippen molar-refractivity contribution in [3.8, 4) is 0 Å². The van der Waals surface area contributed by atoms with E-state index < -0.39 is 0 Å².